The normalized spacial score (nSPS) is 13.8. The summed E-state index contributed by atoms with van der Waals surface area (Å²) in [5, 5.41) is 19.5. The highest BCUT2D eigenvalue weighted by atomic mass is 32.2. The number of carbonyl (C=O) groups excluding carboxylic acids is 1. The van der Waals surface area contributed by atoms with E-state index in [2.05, 4.69) is 10.2 Å². The minimum Gasteiger partial charge on any atom is -0.284 e. The van der Waals surface area contributed by atoms with Crippen molar-refractivity contribution in [3.63, 3.8) is 0 Å². The molecule has 2 aromatic rings. The molecule has 1 heterocycles. The van der Waals surface area contributed by atoms with Crippen LogP contribution in [-0.2, 0) is 10.5 Å². The van der Waals surface area contributed by atoms with Crippen LogP contribution >= 0.6 is 23.1 Å². The predicted molar refractivity (Wildman–Crippen MR) is 88.7 cm³/mol. The number of carbonyl (C=O) groups is 1. The molecule has 7 nitrogen and oxygen atoms in total. The molecule has 0 saturated heterocycles. The van der Waals surface area contributed by atoms with Crippen molar-refractivity contribution in [1.29, 1.82) is 0 Å². The van der Waals surface area contributed by atoms with Crippen LogP contribution in [0.1, 0.15) is 25.3 Å². The first-order valence-corrected chi connectivity index (χ1v) is 8.84. The molecule has 1 aromatic carbocycles. The van der Waals surface area contributed by atoms with E-state index in [1.54, 1.807) is 24.0 Å². The number of hydrogen-bond acceptors (Lipinski definition) is 7. The second kappa shape index (κ2) is 6.63. The van der Waals surface area contributed by atoms with Gasteiger partial charge in [-0.15, -0.1) is 10.2 Å². The van der Waals surface area contributed by atoms with Gasteiger partial charge in [-0.2, -0.15) is 0 Å². The van der Waals surface area contributed by atoms with Crippen LogP contribution in [0, 0.1) is 10.1 Å². The van der Waals surface area contributed by atoms with Crippen LogP contribution in [0.5, 0.6) is 0 Å². The number of rotatable bonds is 6. The minimum atomic E-state index is -0.415. The number of benzene rings is 1. The van der Waals surface area contributed by atoms with Gasteiger partial charge in [0.15, 0.2) is 4.34 Å². The van der Waals surface area contributed by atoms with Crippen molar-refractivity contribution in [3.05, 3.63) is 39.9 Å². The molecule has 9 heteroatoms. The molecule has 1 fully saturated rings. The lowest BCUT2D eigenvalue weighted by atomic mass is 10.2. The maximum Gasteiger partial charge on any atom is 0.269 e. The van der Waals surface area contributed by atoms with Gasteiger partial charge in [-0.25, -0.2) is 0 Å². The van der Waals surface area contributed by atoms with Gasteiger partial charge < -0.3 is 0 Å². The molecule has 0 aliphatic heterocycles. The highest BCUT2D eigenvalue weighted by molar-refractivity contribution is 8.00. The molecule has 0 unspecified atom stereocenters. The summed E-state index contributed by atoms with van der Waals surface area (Å²) in [4.78, 5) is 23.6. The number of thioether (sulfide) groups is 1. The van der Waals surface area contributed by atoms with Crippen molar-refractivity contribution in [2.45, 2.75) is 35.9 Å². The fraction of sp³-hybridized carbons (Fsp3) is 0.357. The van der Waals surface area contributed by atoms with Crippen LogP contribution in [0.2, 0.25) is 0 Å². The van der Waals surface area contributed by atoms with Crippen LogP contribution in [-0.4, -0.2) is 27.1 Å². The molecule has 0 bridgehead atoms. The van der Waals surface area contributed by atoms with Gasteiger partial charge in [0.25, 0.3) is 5.69 Å². The lowest BCUT2D eigenvalue weighted by Gasteiger charge is -2.15. The lowest BCUT2D eigenvalue weighted by molar-refractivity contribution is -0.384. The number of anilines is 1. The topological polar surface area (TPSA) is 89.2 Å². The third-order valence-corrected chi connectivity index (χ3v) is 5.49. The summed E-state index contributed by atoms with van der Waals surface area (Å²) in [5.41, 5.74) is 1.06. The number of hydrogen-bond donors (Lipinski definition) is 0. The number of non-ortho nitro benzene ring substituents is 1. The SMILES string of the molecule is CC(=O)N(c1nnc(SCc2ccc([N+](=O)[O-])cc2)s1)C1CC1. The Morgan fingerprint density at radius 3 is 2.65 bits per heavy atom. The summed E-state index contributed by atoms with van der Waals surface area (Å²) in [5.74, 6) is 0.645. The molecule has 23 heavy (non-hydrogen) atoms. The molecule has 3 rings (SSSR count). The molecular formula is C14H14N4O3S2. The van der Waals surface area contributed by atoms with Crippen molar-refractivity contribution in [3.8, 4) is 0 Å². The maximum absolute atomic E-state index is 11.7. The molecule has 0 spiro atoms. The van der Waals surface area contributed by atoms with E-state index in [0.717, 1.165) is 22.7 Å². The highest BCUT2D eigenvalue weighted by Gasteiger charge is 2.34. The molecule has 120 valence electrons. The zero-order valence-electron chi connectivity index (χ0n) is 12.3. The first kappa shape index (κ1) is 15.9. The van der Waals surface area contributed by atoms with E-state index in [-0.39, 0.29) is 17.6 Å². The van der Waals surface area contributed by atoms with Gasteiger partial charge in [0.1, 0.15) is 0 Å². The average molecular weight is 350 g/mol. The Kier molecular flexibility index (Phi) is 4.58. The molecule has 1 aromatic heterocycles. The van der Waals surface area contributed by atoms with Crippen LogP contribution in [0.3, 0.4) is 0 Å². The molecule has 1 aliphatic rings. The monoisotopic (exact) mass is 350 g/mol. The smallest absolute Gasteiger partial charge is 0.269 e. The molecule has 0 radical (unpaired) electrons. The first-order chi connectivity index (χ1) is 11.0. The molecule has 1 amide bonds. The van der Waals surface area contributed by atoms with Crippen molar-refractivity contribution in [1.82, 2.24) is 10.2 Å². The van der Waals surface area contributed by atoms with Crippen LogP contribution in [0.15, 0.2) is 28.6 Å². The van der Waals surface area contributed by atoms with E-state index in [9.17, 15) is 14.9 Å². The average Bonchev–Trinajstić information content (AvgIpc) is 3.23. The van der Waals surface area contributed by atoms with Crippen LogP contribution in [0.25, 0.3) is 0 Å². The molecule has 0 atom stereocenters. The van der Waals surface area contributed by atoms with E-state index in [0.29, 0.717) is 10.9 Å². The zero-order valence-corrected chi connectivity index (χ0v) is 14.0. The molecular weight excluding hydrogens is 336 g/mol. The second-order valence-corrected chi connectivity index (χ2v) is 7.36. The Morgan fingerprint density at radius 2 is 2.09 bits per heavy atom. The van der Waals surface area contributed by atoms with Crippen molar-refractivity contribution < 1.29 is 9.72 Å². The standard InChI is InChI=1S/C14H14N4O3S2/c1-9(19)17(11-6-7-11)13-15-16-14(23-13)22-8-10-2-4-12(5-3-10)18(20)21/h2-5,11H,6-8H2,1H3. The summed E-state index contributed by atoms with van der Waals surface area (Å²) in [7, 11) is 0. The van der Waals surface area contributed by atoms with Gasteiger partial charge in [0.05, 0.1) is 4.92 Å². The Balaban J connectivity index is 1.62. The van der Waals surface area contributed by atoms with E-state index < -0.39 is 4.92 Å². The van der Waals surface area contributed by atoms with E-state index in [1.807, 2.05) is 0 Å². The van der Waals surface area contributed by atoms with Gasteiger partial charge in [-0.3, -0.25) is 19.8 Å². The van der Waals surface area contributed by atoms with Gasteiger partial charge in [-0.05, 0) is 18.4 Å². The van der Waals surface area contributed by atoms with Gasteiger partial charge in [-0.1, -0.05) is 35.2 Å². The van der Waals surface area contributed by atoms with Gasteiger partial charge >= 0.3 is 0 Å². The number of nitrogens with zero attached hydrogens (tertiary/aromatic N) is 4. The van der Waals surface area contributed by atoms with Crippen LogP contribution < -0.4 is 4.90 Å². The van der Waals surface area contributed by atoms with E-state index in [4.69, 9.17) is 0 Å². The van der Waals surface area contributed by atoms with Gasteiger partial charge in [0, 0.05) is 30.9 Å². The number of amides is 1. The Hall–Kier alpha value is -2.00. The summed E-state index contributed by atoms with van der Waals surface area (Å²) in [6, 6.07) is 6.73. The third-order valence-electron chi connectivity index (χ3n) is 3.36. The molecule has 0 N–H and O–H groups in total. The number of nitro benzene ring substituents is 1. The molecule has 1 saturated carbocycles. The molecule has 1 aliphatic carbocycles. The fourth-order valence-corrected chi connectivity index (χ4v) is 4.01. The number of aromatic nitrogens is 2. The lowest BCUT2D eigenvalue weighted by Crippen LogP contribution is -2.30. The Labute approximate surface area is 140 Å². The summed E-state index contributed by atoms with van der Waals surface area (Å²) in [6.45, 7) is 1.55. The highest BCUT2D eigenvalue weighted by Crippen LogP contribution is 2.36. The largest absolute Gasteiger partial charge is 0.284 e. The van der Waals surface area contributed by atoms with Crippen molar-refractivity contribution in [2.24, 2.45) is 0 Å². The Morgan fingerprint density at radius 1 is 1.39 bits per heavy atom. The van der Waals surface area contributed by atoms with Crippen molar-refractivity contribution >= 4 is 39.8 Å². The minimum absolute atomic E-state index is 0.00410. The first-order valence-electron chi connectivity index (χ1n) is 7.04. The van der Waals surface area contributed by atoms with Crippen LogP contribution in [0.4, 0.5) is 10.8 Å². The predicted octanol–water partition coefficient (Wildman–Crippen LogP) is 3.25. The zero-order chi connectivity index (χ0) is 16.4. The third kappa shape index (κ3) is 3.85. The second-order valence-electron chi connectivity index (χ2n) is 5.18. The van der Waals surface area contributed by atoms with Gasteiger partial charge in [0.2, 0.25) is 11.0 Å². The van der Waals surface area contributed by atoms with E-state index in [1.165, 1.54) is 35.2 Å². The summed E-state index contributed by atoms with van der Waals surface area (Å²) in [6.07, 6.45) is 2.04. The summed E-state index contributed by atoms with van der Waals surface area (Å²) >= 11 is 2.91. The quantitative estimate of drug-likeness (QED) is 0.344. The Bertz CT molecular complexity index is 728. The van der Waals surface area contributed by atoms with Crippen molar-refractivity contribution in [2.75, 3.05) is 4.90 Å². The summed E-state index contributed by atoms with van der Waals surface area (Å²) < 4.78 is 0.783. The maximum atomic E-state index is 11.7. The number of nitro groups is 1. The fourth-order valence-electron chi connectivity index (χ4n) is 2.10. The van der Waals surface area contributed by atoms with E-state index >= 15 is 0 Å².